The molecule has 1 aromatic carbocycles. The Morgan fingerprint density at radius 3 is 2.83 bits per heavy atom. The van der Waals surface area contributed by atoms with Crippen molar-refractivity contribution in [3.63, 3.8) is 0 Å². The van der Waals surface area contributed by atoms with Gasteiger partial charge < -0.3 is 16.0 Å². The molecule has 2 aliphatic heterocycles. The number of benzene rings is 1. The minimum absolute atomic E-state index is 0.100. The van der Waals surface area contributed by atoms with E-state index in [1.54, 1.807) is 0 Å². The Hall–Kier alpha value is -1.55. The minimum Gasteiger partial charge on any atom is -0.369 e. The van der Waals surface area contributed by atoms with Crippen LogP contribution in [0.4, 0.5) is 5.69 Å². The molecule has 2 aliphatic rings. The van der Waals surface area contributed by atoms with E-state index in [2.05, 4.69) is 46.4 Å². The van der Waals surface area contributed by atoms with Gasteiger partial charge >= 0.3 is 0 Å². The van der Waals surface area contributed by atoms with Crippen molar-refractivity contribution >= 4 is 11.6 Å². The molecule has 0 radical (unpaired) electrons. The highest BCUT2D eigenvalue weighted by Crippen LogP contribution is 2.35. The van der Waals surface area contributed by atoms with Crippen LogP contribution in [-0.2, 0) is 0 Å². The predicted molar refractivity (Wildman–Crippen MR) is 75.0 cm³/mol. The Kier molecular flexibility index (Phi) is 2.74. The highest BCUT2D eigenvalue weighted by atomic mass is 15.4. The number of hydrogen-bond acceptors (Lipinski definition) is 4. The molecule has 0 bridgehead atoms. The van der Waals surface area contributed by atoms with E-state index in [1.807, 2.05) is 0 Å². The number of rotatable bonds is 1. The predicted octanol–water partition coefficient (Wildman–Crippen LogP) is 1.25. The molecule has 4 nitrogen and oxygen atoms in total. The summed E-state index contributed by atoms with van der Waals surface area (Å²) in [5.74, 6) is 0.669. The monoisotopic (exact) mass is 244 g/mol. The lowest BCUT2D eigenvalue weighted by Gasteiger charge is -2.42. The van der Waals surface area contributed by atoms with E-state index in [0.717, 1.165) is 32.5 Å². The van der Waals surface area contributed by atoms with E-state index in [9.17, 15) is 0 Å². The summed E-state index contributed by atoms with van der Waals surface area (Å²) in [5.41, 5.74) is 8.66. The Morgan fingerprint density at radius 2 is 2.11 bits per heavy atom. The first kappa shape index (κ1) is 11.5. The average molecular weight is 244 g/mol. The normalized spacial score (nSPS) is 22.3. The van der Waals surface area contributed by atoms with Crippen LogP contribution in [0.5, 0.6) is 0 Å². The van der Waals surface area contributed by atoms with Gasteiger partial charge in [0.05, 0.1) is 12.1 Å². The SMILES string of the molecule is Cc1cccc(N2C(N)=NCC23CCNCC3)c1. The summed E-state index contributed by atoms with van der Waals surface area (Å²) < 4.78 is 0. The Morgan fingerprint density at radius 1 is 1.33 bits per heavy atom. The molecule has 0 saturated carbocycles. The van der Waals surface area contributed by atoms with E-state index in [0.29, 0.717) is 5.96 Å². The lowest BCUT2D eigenvalue weighted by atomic mass is 9.87. The van der Waals surface area contributed by atoms with Crippen LogP contribution < -0.4 is 16.0 Å². The van der Waals surface area contributed by atoms with Crippen LogP contribution >= 0.6 is 0 Å². The molecule has 0 atom stereocenters. The second kappa shape index (κ2) is 4.28. The average Bonchev–Trinajstić information content (AvgIpc) is 2.67. The number of nitrogens with two attached hydrogens (primary N) is 1. The van der Waals surface area contributed by atoms with Gasteiger partial charge in [0.15, 0.2) is 5.96 Å². The van der Waals surface area contributed by atoms with E-state index in [-0.39, 0.29) is 5.54 Å². The summed E-state index contributed by atoms with van der Waals surface area (Å²) in [6, 6.07) is 8.52. The Bertz CT molecular complexity index is 474. The van der Waals surface area contributed by atoms with Gasteiger partial charge in [-0.15, -0.1) is 0 Å². The molecule has 1 spiro atoms. The largest absolute Gasteiger partial charge is 0.369 e. The van der Waals surface area contributed by atoms with Crippen LogP contribution in [0.25, 0.3) is 0 Å². The van der Waals surface area contributed by atoms with Crippen molar-refractivity contribution in [1.29, 1.82) is 0 Å². The van der Waals surface area contributed by atoms with Crippen molar-refractivity contribution in [2.45, 2.75) is 25.3 Å². The van der Waals surface area contributed by atoms with Gasteiger partial charge in [-0.05, 0) is 50.6 Å². The number of hydrogen-bond donors (Lipinski definition) is 2. The molecule has 0 amide bonds. The van der Waals surface area contributed by atoms with Gasteiger partial charge in [0, 0.05) is 5.69 Å². The van der Waals surface area contributed by atoms with Gasteiger partial charge in [0.25, 0.3) is 0 Å². The molecule has 0 aliphatic carbocycles. The standard InChI is InChI=1S/C14H20N4/c1-11-3-2-4-12(9-11)18-13(15)17-10-14(18)5-7-16-8-6-14/h2-4,9,16H,5-8,10H2,1H3,(H2,15,17). The summed E-state index contributed by atoms with van der Waals surface area (Å²) >= 11 is 0. The van der Waals surface area contributed by atoms with Crippen molar-refractivity contribution < 1.29 is 0 Å². The molecule has 2 heterocycles. The third-order valence-corrected chi connectivity index (χ3v) is 4.03. The van der Waals surface area contributed by atoms with E-state index >= 15 is 0 Å². The molecular formula is C14H20N4. The first-order chi connectivity index (χ1) is 8.71. The summed E-state index contributed by atoms with van der Waals surface area (Å²) in [5, 5.41) is 3.42. The molecule has 0 unspecified atom stereocenters. The van der Waals surface area contributed by atoms with Crippen LogP contribution in [0.15, 0.2) is 29.3 Å². The number of nitrogens with one attached hydrogen (secondary N) is 1. The van der Waals surface area contributed by atoms with E-state index in [1.165, 1.54) is 11.3 Å². The highest BCUT2D eigenvalue weighted by Gasteiger charge is 2.43. The molecule has 4 heteroatoms. The van der Waals surface area contributed by atoms with Gasteiger partial charge in [-0.2, -0.15) is 0 Å². The number of anilines is 1. The molecule has 1 fully saturated rings. The fraction of sp³-hybridized carbons (Fsp3) is 0.500. The smallest absolute Gasteiger partial charge is 0.196 e. The molecular weight excluding hydrogens is 224 g/mol. The van der Waals surface area contributed by atoms with E-state index < -0.39 is 0 Å². The fourth-order valence-electron chi connectivity index (χ4n) is 3.06. The second-order valence-corrected chi connectivity index (χ2v) is 5.32. The van der Waals surface area contributed by atoms with Crippen LogP contribution in [0, 0.1) is 6.92 Å². The Balaban J connectivity index is 1.98. The number of guanidine groups is 1. The van der Waals surface area contributed by atoms with Crippen molar-refractivity contribution in [2.24, 2.45) is 10.7 Å². The molecule has 18 heavy (non-hydrogen) atoms. The molecule has 3 N–H and O–H groups in total. The van der Waals surface area contributed by atoms with E-state index in [4.69, 9.17) is 5.73 Å². The number of aryl methyl sites for hydroxylation is 1. The van der Waals surface area contributed by atoms with Gasteiger partial charge in [-0.3, -0.25) is 4.99 Å². The van der Waals surface area contributed by atoms with Crippen molar-refractivity contribution in [2.75, 3.05) is 24.5 Å². The van der Waals surface area contributed by atoms with Crippen LogP contribution in [0.3, 0.4) is 0 Å². The Labute approximate surface area is 108 Å². The van der Waals surface area contributed by atoms with Gasteiger partial charge in [-0.25, -0.2) is 0 Å². The zero-order valence-electron chi connectivity index (χ0n) is 10.8. The summed E-state index contributed by atoms with van der Waals surface area (Å²) in [7, 11) is 0. The quantitative estimate of drug-likeness (QED) is 0.782. The maximum atomic E-state index is 6.12. The lowest BCUT2D eigenvalue weighted by Crippen LogP contribution is -2.57. The zero-order chi connectivity index (χ0) is 12.6. The molecule has 96 valence electrons. The molecule has 0 aromatic heterocycles. The summed E-state index contributed by atoms with van der Waals surface area (Å²) in [6.07, 6.45) is 2.20. The van der Waals surface area contributed by atoms with Crippen LogP contribution in [0.1, 0.15) is 18.4 Å². The maximum Gasteiger partial charge on any atom is 0.196 e. The maximum absolute atomic E-state index is 6.12. The highest BCUT2D eigenvalue weighted by molar-refractivity contribution is 5.98. The summed E-state index contributed by atoms with van der Waals surface area (Å²) in [6.45, 7) is 5.03. The van der Waals surface area contributed by atoms with Crippen molar-refractivity contribution in [3.05, 3.63) is 29.8 Å². The third kappa shape index (κ3) is 1.77. The topological polar surface area (TPSA) is 53.6 Å². The van der Waals surface area contributed by atoms with Crippen LogP contribution in [-0.4, -0.2) is 31.1 Å². The van der Waals surface area contributed by atoms with Crippen molar-refractivity contribution in [1.82, 2.24) is 5.32 Å². The zero-order valence-corrected chi connectivity index (χ0v) is 10.8. The molecule has 3 rings (SSSR count). The van der Waals surface area contributed by atoms with Crippen molar-refractivity contribution in [3.8, 4) is 0 Å². The lowest BCUT2D eigenvalue weighted by molar-refractivity contribution is 0.332. The van der Waals surface area contributed by atoms with Gasteiger partial charge in [-0.1, -0.05) is 12.1 Å². The fourth-order valence-corrected chi connectivity index (χ4v) is 3.06. The summed E-state index contributed by atoms with van der Waals surface area (Å²) in [4.78, 5) is 6.74. The number of piperidine rings is 1. The molecule has 1 aromatic rings. The third-order valence-electron chi connectivity index (χ3n) is 4.03. The van der Waals surface area contributed by atoms with Crippen LogP contribution in [0.2, 0.25) is 0 Å². The minimum atomic E-state index is 0.100. The van der Waals surface area contributed by atoms with Gasteiger partial charge in [0.2, 0.25) is 0 Å². The number of nitrogens with zero attached hydrogens (tertiary/aromatic N) is 2. The first-order valence-electron chi connectivity index (χ1n) is 6.59. The molecule has 1 saturated heterocycles. The van der Waals surface area contributed by atoms with Gasteiger partial charge in [0.1, 0.15) is 0 Å². The first-order valence-corrected chi connectivity index (χ1v) is 6.59. The second-order valence-electron chi connectivity index (χ2n) is 5.32. The number of aliphatic imine (C=N–C) groups is 1.